The third-order valence-corrected chi connectivity index (χ3v) is 5.59. The molecule has 1 saturated heterocycles. The second-order valence-corrected chi connectivity index (χ2v) is 7.88. The van der Waals surface area contributed by atoms with E-state index in [1.807, 2.05) is 4.90 Å². The van der Waals surface area contributed by atoms with Gasteiger partial charge in [0.1, 0.15) is 11.9 Å². The van der Waals surface area contributed by atoms with Crippen LogP contribution in [0.2, 0.25) is 0 Å². The Morgan fingerprint density at radius 3 is 2.91 bits per heavy atom. The molecule has 0 saturated carbocycles. The molecule has 23 heavy (non-hydrogen) atoms. The van der Waals surface area contributed by atoms with Gasteiger partial charge in [-0.2, -0.15) is 5.26 Å². The van der Waals surface area contributed by atoms with Crippen LogP contribution in [-0.4, -0.2) is 50.4 Å². The van der Waals surface area contributed by atoms with Crippen LogP contribution < -0.4 is 5.32 Å². The zero-order valence-electron chi connectivity index (χ0n) is 12.8. The van der Waals surface area contributed by atoms with Gasteiger partial charge < -0.3 is 10.2 Å². The molecule has 1 aromatic carbocycles. The predicted molar refractivity (Wildman–Crippen MR) is 82.7 cm³/mol. The van der Waals surface area contributed by atoms with E-state index in [2.05, 4.69) is 5.32 Å². The first-order chi connectivity index (χ1) is 10.8. The number of hydrogen-bond acceptors (Lipinski definition) is 5. The summed E-state index contributed by atoms with van der Waals surface area (Å²) in [5.74, 6) is -0.824. The van der Waals surface area contributed by atoms with Gasteiger partial charge in [-0.05, 0) is 24.7 Å². The number of carbonyl (C=O) groups is 1. The lowest BCUT2D eigenvalue weighted by atomic mass is 10.1. The minimum absolute atomic E-state index is 0.0254. The molecule has 8 heteroatoms. The topological polar surface area (TPSA) is 90.3 Å². The maximum absolute atomic E-state index is 13.5. The van der Waals surface area contributed by atoms with Crippen LogP contribution in [0.1, 0.15) is 17.5 Å². The monoisotopic (exact) mass is 339 g/mol. The predicted octanol–water partition coefficient (Wildman–Crippen LogP) is 0.432. The number of hydrogen-bond donors (Lipinski definition) is 1. The van der Waals surface area contributed by atoms with Crippen LogP contribution in [0, 0.1) is 17.1 Å². The molecular formula is C15H18FN3O3S. The molecular weight excluding hydrogens is 321 g/mol. The standard InChI is InChI=1S/C15H18FN3O3S/c1-19-4-5-23(21,22)10-13(19)7-15(20)18-9-11-2-3-12(8-17)14(16)6-11/h2-3,6,13H,4-5,7,9-10H2,1H3,(H,18,20). The van der Waals surface area contributed by atoms with Gasteiger partial charge in [-0.3, -0.25) is 4.79 Å². The Morgan fingerprint density at radius 1 is 1.52 bits per heavy atom. The van der Waals surface area contributed by atoms with Crippen molar-refractivity contribution in [1.29, 1.82) is 5.26 Å². The third kappa shape index (κ3) is 4.74. The summed E-state index contributed by atoms with van der Waals surface area (Å²) in [6, 6.07) is 5.52. The molecule has 1 aromatic rings. The summed E-state index contributed by atoms with van der Waals surface area (Å²) >= 11 is 0. The SMILES string of the molecule is CN1CCS(=O)(=O)CC1CC(=O)NCc1ccc(C#N)c(F)c1. The van der Waals surface area contributed by atoms with Crippen molar-refractivity contribution in [2.45, 2.75) is 19.0 Å². The van der Waals surface area contributed by atoms with E-state index in [4.69, 9.17) is 5.26 Å². The smallest absolute Gasteiger partial charge is 0.221 e. The van der Waals surface area contributed by atoms with Gasteiger partial charge >= 0.3 is 0 Å². The Bertz CT molecular complexity index is 743. The molecule has 1 atom stereocenters. The molecule has 0 radical (unpaired) electrons. The van der Waals surface area contributed by atoms with E-state index in [-0.39, 0.29) is 42.0 Å². The van der Waals surface area contributed by atoms with Gasteiger partial charge in [0, 0.05) is 25.6 Å². The van der Waals surface area contributed by atoms with Crippen molar-refractivity contribution in [3.8, 4) is 6.07 Å². The largest absolute Gasteiger partial charge is 0.352 e. The Hall–Kier alpha value is -1.98. The van der Waals surface area contributed by atoms with Gasteiger partial charge in [0.25, 0.3) is 0 Å². The third-order valence-electron chi connectivity index (χ3n) is 3.89. The Morgan fingerprint density at radius 2 is 2.26 bits per heavy atom. The van der Waals surface area contributed by atoms with Crippen LogP contribution in [0.5, 0.6) is 0 Å². The van der Waals surface area contributed by atoms with E-state index >= 15 is 0 Å². The molecule has 0 aliphatic carbocycles. The van der Waals surface area contributed by atoms with Gasteiger partial charge in [0.15, 0.2) is 9.84 Å². The van der Waals surface area contributed by atoms with Crippen LogP contribution in [0.4, 0.5) is 4.39 Å². The molecule has 124 valence electrons. The number of carbonyl (C=O) groups excluding carboxylic acids is 1. The fraction of sp³-hybridized carbons (Fsp3) is 0.467. The second kappa shape index (κ2) is 7.06. The molecule has 0 bridgehead atoms. The lowest BCUT2D eigenvalue weighted by molar-refractivity contribution is -0.122. The van der Waals surface area contributed by atoms with Crippen molar-refractivity contribution in [2.75, 3.05) is 25.1 Å². The fourth-order valence-electron chi connectivity index (χ4n) is 2.43. The summed E-state index contributed by atoms with van der Waals surface area (Å²) in [6.07, 6.45) is 0.0779. The first-order valence-corrected chi connectivity index (χ1v) is 8.99. The van der Waals surface area contributed by atoms with Crippen molar-refractivity contribution in [1.82, 2.24) is 10.2 Å². The van der Waals surface area contributed by atoms with Crippen molar-refractivity contribution in [2.24, 2.45) is 0 Å². The van der Waals surface area contributed by atoms with Crippen LogP contribution in [0.15, 0.2) is 18.2 Å². The second-order valence-electron chi connectivity index (χ2n) is 5.66. The van der Waals surface area contributed by atoms with Crippen molar-refractivity contribution in [3.63, 3.8) is 0 Å². The molecule has 0 spiro atoms. The van der Waals surface area contributed by atoms with Crippen molar-refractivity contribution >= 4 is 15.7 Å². The quantitative estimate of drug-likeness (QED) is 0.859. The van der Waals surface area contributed by atoms with Crippen molar-refractivity contribution in [3.05, 3.63) is 35.1 Å². The summed E-state index contributed by atoms with van der Waals surface area (Å²) < 4.78 is 36.8. The first-order valence-electron chi connectivity index (χ1n) is 7.16. The van der Waals surface area contributed by atoms with Gasteiger partial charge in [0.2, 0.25) is 5.91 Å². The van der Waals surface area contributed by atoms with Crippen LogP contribution in [0.3, 0.4) is 0 Å². The number of rotatable bonds is 4. The number of benzene rings is 1. The summed E-state index contributed by atoms with van der Waals surface area (Å²) in [5, 5.41) is 11.3. The number of nitrogens with zero attached hydrogens (tertiary/aromatic N) is 2. The molecule has 6 nitrogen and oxygen atoms in total. The highest BCUT2D eigenvalue weighted by Crippen LogP contribution is 2.13. The molecule has 1 aliphatic heterocycles. The minimum atomic E-state index is -3.09. The fourth-order valence-corrected chi connectivity index (χ4v) is 4.12. The zero-order valence-corrected chi connectivity index (χ0v) is 13.6. The average Bonchev–Trinajstić information content (AvgIpc) is 2.49. The van der Waals surface area contributed by atoms with E-state index < -0.39 is 15.7 Å². The maximum atomic E-state index is 13.5. The lowest BCUT2D eigenvalue weighted by Crippen LogP contribution is -2.48. The summed E-state index contributed by atoms with van der Waals surface area (Å²) in [5.41, 5.74) is 0.494. The normalized spacial score (nSPS) is 20.7. The number of halogens is 1. The van der Waals surface area contributed by atoms with Crippen LogP contribution in [-0.2, 0) is 21.2 Å². The molecule has 1 unspecified atom stereocenters. The summed E-state index contributed by atoms with van der Waals surface area (Å²) in [6.45, 7) is 0.547. The summed E-state index contributed by atoms with van der Waals surface area (Å²) in [4.78, 5) is 13.8. The highest BCUT2D eigenvalue weighted by Gasteiger charge is 2.30. The highest BCUT2D eigenvalue weighted by atomic mass is 32.2. The number of nitrogens with one attached hydrogen (secondary N) is 1. The number of nitriles is 1. The Balaban J connectivity index is 1.90. The minimum Gasteiger partial charge on any atom is -0.352 e. The van der Waals surface area contributed by atoms with Gasteiger partial charge in [-0.25, -0.2) is 12.8 Å². The maximum Gasteiger partial charge on any atom is 0.221 e. The summed E-state index contributed by atoms with van der Waals surface area (Å²) in [7, 11) is -1.30. The van der Waals surface area contributed by atoms with Crippen LogP contribution >= 0.6 is 0 Å². The molecule has 1 N–H and O–H groups in total. The van der Waals surface area contributed by atoms with Crippen LogP contribution in [0.25, 0.3) is 0 Å². The lowest BCUT2D eigenvalue weighted by Gasteiger charge is -2.31. The van der Waals surface area contributed by atoms with Crippen molar-refractivity contribution < 1.29 is 17.6 Å². The average molecular weight is 339 g/mol. The first kappa shape index (κ1) is 17.4. The zero-order chi connectivity index (χ0) is 17.0. The Labute approximate surface area is 134 Å². The number of sulfone groups is 1. The van der Waals surface area contributed by atoms with E-state index in [0.29, 0.717) is 12.1 Å². The van der Waals surface area contributed by atoms with E-state index in [9.17, 15) is 17.6 Å². The molecule has 2 rings (SSSR count). The highest BCUT2D eigenvalue weighted by molar-refractivity contribution is 7.91. The van der Waals surface area contributed by atoms with Gasteiger partial charge in [-0.1, -0.05) is 6.07 Å². The van der Waals surface area contributed by atoms with E-state index in [0.717, 1.165) is 0 Å². The van der Waals surface area contributed by atoms with E-state index in [1.165, 1.54) is 12.1 Å². The Kier molecular flexibility index (Phi) is 5.34. The van der Waals surface area contributed by atoms with Gasteiger partial charge in [0.05, 0.1) is 17.1 Å². The van der Waals surface area contributed by atoms with E-state index in [1.54, 1.807) is 19.2 Å². The molecule has 1 amide bonds. The molecule has 1 aliphatic rings. The molecule has 0 aromatic heterocycles. The molecule has 1 heterocycles. The molecule has 1 fully saturated rings. The van der Waals surface area contributed by atoms with Gasteiger partial charge in [-0.15, -0.1) is 0 Å². The number of amides is 1.